The molecule has 0 atom stereocenters. The van der Waals surface area contributed by atoms with E-state index < -0.39 is 11.9 Å². The minimum atomic E-state index is -0.657. The molecule has 0 unspecified atom stereocenters. The number of hydrogen-bond acceptors (Lipinski definition) is 8. The van der Waals surface area contributed by atoms with E-state index in [-0.39, 0.29) is 18.1 Å². The number of methoxy groups -OCH3 is 1. The van der Waals surface area contributed by atoms with Crippen LogP contribution in [-0.4, -0.2) is 31.8 Å². The molecule has 0 aliphatic rings. The standard InChI is InChI=1S/C22H17N3O6/c1-28-20-11-15(8-9-18(20)31-22(27)19-7-4-10-29-19)13-24-25-21(26)14-30-17-6-3-2-5-16(17)12-23/h2-11,13H,14H2,1H3,(H,25,26)/b24-13-. The summed E-state index contributed by atoms with van der Waals surface area (Å²) in [6, 6.07) is 16.4. The highest BCUT2D eigenvalue weighted by atomic mass is 16.6. The van der Waals surface area contributed by atoms with Crippen molar-refractivity contribution in [1.82, 2.24) is 5.43 Å². The number of hydrazone groups is 1. The summed E-state index contributed by atoms with van der Waals surface area (Å²) in [4.78, 5) is 23.9. The molecule has 1 N–H and O–H groups in total. The molecule has 0 fully saturated rings. The number of carbonyl (C=O) groups excluding carboxylic acids is 2. The number of benzene rings is 2. The Balaban J connectivity index is 1.56. The van der Waals surface area contributed by atoms with Gasteiger partial charge in [0.25, 0.3) is 5.91 Å². The highest BCUT2D eigenvalue weighted by Crippen LogP contribution is 2.28. The van der Waals surface area contributed by atoms with Gasteiger partial charge in [0.1, 0.15) is 11.8 Å². The van der Waals surface area contributed by atoms with Crippen LogP contribution >= 0.6 is 0 Å². The summed E-state index contributed by atoms with van der Waals surface area (Å²) in [5.41, 5.74) is 3.25. The highest BCUT2D eigenvalue weighted by Gasteiger charge is 2.15. The predicted molar refractivity (Wildman–Crippen MR) is 109 cm³/mol. The Kier molecular flexibility index (Phi) is 7.00. The third-order valence-electron chi connectivity index (χ3n) is 3.88. The van der Waals surface area contributed by atoms with E-state index in [9.17, 15) is 9.59 Å². The fourth-order valence-corrected chi connectivity index (χ4v) is 2.43. The molecule has 1 aromatic heterocycles. The van der Waals surface area contributed by atoms with Crippen molar-refractivity contribution in [3.63, 3.8) is 0 Å². The molecule has 156 valence electrons. The van der Waals surface area contributed by atoms with Crippen molar-refractivity contribution in [1.29, 1.82) is 5.26 Å². The number of amides is 1. The normalized spacial score (nSPS) is 10.3. The summed E-state index contributed by atoms with van der Waals surface area (Å²) < 4.78 is 20.8. The van der Waals surface area contributed by atoms with Crippen molar-refractivity contribution in [3.05, 3.63) is 77.7 Å². The van der Waals surface area contributed by atoms with Gasteiger partial charge < -0.3 is 18.6 Å². The summed E-state index contributed by atoms with van der Waals surface area (Å²) in [7, 11) is 1.43. The fraction of sp³-hybridized carbons (Fsp3) is 0.0909. The van der Waals surface area contributed by atoms with E-state index in [1.54, 1.807) is 42.5 Å². The molecule has 0 bridgehead atoms. The van der Waals surface area contributed by atoms with Gasteiger partial charge in [-0.3, -0.25) is 4.79 Å². The number of furan rings is 1. The molecule has 3 aromatic rings. The number of nitrogens with one attached hydrogen (secondary N) is 1. The second-order valence-electron chi connectivity index (χ2n) is 5.97. The second kappa shape index (κ2) is 10.3. The zero-order chi connectivity index (χ0) is 22.1. The summed E-state index contributed by atoms with van der Waals surface area (Å²) in [5.74, 6) is -0.278. The van der Waals surface area contributed by atoms with Crippen molar-refractivity contribution in [2.24, 2.45) is 5.10 Å². The van der Waals surface area contributed by atoms with Crippen LogP contribution in [0.1, 0.15) is 21.7 Å². The van der Waals surface area contributed by atoms with Crippen LogP contribution in [0.15, 0.2) is 70.4 Å². The van der Waals surface area contributed by atoms with Gasteiger partial charge in [-0.1, -0.05) is 12.1 Å². The van der Waals surface area contributed by atoms with Crippen molar-refractivity contribution in [2.75, 3.05) is 13.7 Å². The van der Waals surface area contributed by atoms with Crippen LogP contribution < -0.4 is 19.6 Å². The minimum Gasteiger partial charge on any atom is -0.493 e. The SMILES string of the molecule is COc1cc(/C=N\NC(=O)COc2ccccc2C#N)ccc1OC(=O)c1ccco1. The lowest BCUT2D eigenvalue weighted by Crippen LogP contribution is -2.24. The van der Waals surface area contributed by atoms with E-state index >= 15 is 0 Å². The van der Waals surface area contributed by atoms with Crippen molar-refractivity contribution >= 4 is 18.1 Å². The fourth-order valence-electron chi connectivity index (χ4n) is 2.43. The third kappa shape index (κ3) is 5.71. The Morgan fingerprint density at radius 3 is 2.71 bits per heavy atom. The number of nitrogens with zero attached hydrogens (tertiary/aromatic N) is 2. The van der Waals surface area contributed by atoms with Gasteiger partial charge in [0.15, 0.2) is 18.1 Å². The maximum atomic E-state index is 12.0. The Morgan fingerprint density at radius 1 is 1.13 bits per heavy atom. The first-order valence-electron chi connectivity index (χ1n) is 8.98. The molecule has 1 heterocycles. The van der Waals surface area contributed by atoms with Crippen molar-refractivity contribution in [3.8, 4) is 23.3 Å². The molecule has 0 saturated heterocycles. The number of nitriles is 1. The largest absolute Gasteiger partial charge is 0.493 e. The van der Waals surface area contributed by atoms with Crippen LogP contribution in [0.25, 0.3) is 0 Å². The molecule has 0 aliphatic carbocycles. The maximum absolute atomic E-state index is 12.0. The zero-order valence-electron chi connectivity index (χ0n) is 16.4. The van der Waals surface area contributed by atoms with Gasteiger partial charge in [-0.05, 0) is 48.0 Å². The number of ether oxygens (including phenoxy) is 3. The Bertz CT molecular complexity index is 1130. The monoisotopic (exact) mass is 419 g/mol. The van der Waals surface area contributed by atoms with Gasteiger partial charge in [-0.2, -0.15) is 10.4 Å². The lowest BCUT2D eigenvalue weighted by Gasteiger charge is -2.09. The smallest absolute Gasteiger partial charge is 0.379 e. The Hall–Kier alpha value is -4.58. The molecule has 0 aliphatic heterocycles. The van der Waals surface area contributed by atoms with Crippen LogP contribution in [-0.2, 0) is 4.79 Å². The molecule has 2 aromatic carbocycles. The third-order valence-corrected chi connectivity index (χ3v) is 3.88. The lowest BCUT2D eigenvalue weighted by molar-refractivity contribution is -0.123. The van der Waals surface area contributed by atoms with Gasteiger partial charge in [0.2, 0.25) is 5.76 Å². The molecular formula is C22H17N3O6. The zero-order valence-corrected chi connectivity index (χ0v) is 16.4. The highest BCUT2D eigenvalue weighted by molar-refractivity contribution is 5.89. The average molecular weight is 419 g/mol. The van der Waals surface area contributed by atoms with Gasteiger partial charge in [0, 0.05) is 0 Å². The molecule has 0 spiro atoms. The minimum absolute atomic E-state index is 0.0648. The summed E-state index contributed by atoms with van der Waals surface area (Å²) in [6.07, 6.45) is 2.76. The number of para-hydroxylation sites is 1. The van der Waals surface area contributed by atoms with E-state index in [2.05, 4.69) is 10.5 Å². The molecule has 3 rings (SSSR count). The maximum Gasteiger partial charge on any atom is 0.379 e. The van der Waals surface area contributed by atoms with Crippen LogP contribution in [0, 0.1) is 11.3 Å². The first-order valence-corrected chi connectivity index (χ1v) is 8.98. The number of esters is 1. The summed E-state index contributed by atoms with van der Waals surface area (Å²) in [5, 5.41) is 12.9. The lowest BCUT2D eigenvalue weighted by atomic mass is 10.2. The molecule has 9 nitrogen and oxygen atoms in total. The van der Waals surface area contributed by atoms with E-state index in [1.165, 1.54) is 31.7 Å². The van der Waals surface area contributed by atoms with E-state index in [0.717, 1.165) is 0 Å². The first-order chi connectivity index (χ1) is 15.1. The molecule has 0 saturated carbocycles. The molecule has 9 heteroatoms. The number of hydrogen-bond donors (Lipinski definition) is 1. The van der Waals surface area contributed by atoms with Crippen molar-refractivity contribution in [2.45, 2.75) is 0 Å². The molecule has 1 amide bonds. The molecular weight excluding hydrogens is 402 g/mol. The number of rotatable bonds is 8. The molecule has 31 heavy (non-hydrogen) atoms. The van der Waals surface area contributed by atoms with E-state index in [0.29, 0.717) is 22.6 Å². The van der Waals surface area contributed by atoms with Gasteiger partial charge in [-0.15, -0.1) is 0 Å². The second-order valence-corrected chi connectivity index (χ2v) is 5.97. The van der Waals surface area contributed by atoms with Crippen LogP contribution in [0.5, 0.6) is 17.2 Å². The summed E-state index contributed by atoms with van der Waals surface area (Å²) in [6.45, 7) is -0.305. The number of carbonyl (C=O) groups is 2. The molecule has 0 radical (unpaired) electrons. The van der Waals surface area contributed by atoms with Gasteiger partial charge >= 0.3 is 5.97 Å². The van der Waals surface area contributed by atoms with Crippen LogP contribution in [0.4, 0.5) is 0 Å². The van der Waals surface area contributed by atoms with Crippen LogP contribution in [0.2, 0.25) is 0 Å². The van der Waals surface area contributed by atoms with E-state index in [1.807, 2.05) is 6.07 Å². The quantitative estimate of drug-likeness (QED) is 0.258. The van der Waals surface area contributed by atoms with Gasteiger partial charge in [0.05, 0.1) is 25.2 Å². The average Bonchev–Trinajstić information content (AvgIpc) is 3.34. The van der Waals surface area contributed by atoms with E-state index in [4.69, 9.17) is 23.9 Å². The Morgan fingerprint density at radius 2 is 1.97 bits per heavy atom. The van der Waals surface area contributed by atoms with Gasteiger partial charge in [-0.25, -0.2) is 10.2 Å². The van der Waals surface area contributed by atoms with Crippen molar-refractivity contribution < 1.29 is 28.2 Å². The summed E-state index contributed by atoms with van der Waals surface area (Å²) >= 11 is 0. The predicted octanol–water partition coefficient (Wildman–Crippen LogP) is 2.91. The topological polar surface area (TPSA) is 123 Å². The van der Waals surface area contributed by atoms with Crippen LogP contribution in [0.3, 0.4) is 0 Å². The Labute approximate surface area is 177 Å². The first kappa shape index (κ1) is 21.1.